The molecule has 37 heteroatoms. The third kappa shape index (κ3) is 16.7. The van der Waals surface area contributed by atoms with Crippen LogP contribution >= 0.6 is 0 Å². The molecule has 3 rings (SSSR count). The molecule has 0 spiro atoms. The zero-order chi connectivity index (χ0) is 58.5. The molecule has 27 unspecified atom stereocenters. The monoisotopic (exact) mass is 1140 g/mol. The summed E-state index contributed by atoms with van der Waals surface area (Å²) in [5.41, 5.74) is 0. The summed E-state index contributed by atoms with van der Waals surface area (Å²) in [6.45, 7) is -7.76. The van der Waals surface area contributed by atoms with E-state index in [-0.39, 0.29) is 0 Å². The van der Waals surface area contributed by atoms with Crippen LogP contribution in [-0.2, 0) is 42.8 Å². The number of amides is 3. The summed E-state index contributed by atoms with van der Waals surface area (Å²) in [6.07, 6.45) is -64.1. The summed E-state index contributed by atoms with van der Waals surface area (Å²) >= 11 is 0. The molecule has 28 N–H and O–H groups in total. The van der Waals surface area contributed by atoms with Crippen molar-refractivity contribution in [1.82, 2.24) is 21.3 Å². The van der Waals surface area contributed by atoms with Crippen LogP contribution in [0.2, 0.25) is 0 Å². The fourth-order valence-corrected chi connectivity index (χ4v) is 7.96. The largest absolute Gasteiger partial charge is 0.394 e. The van der Waals surface area contributed by atoms with E-state index < -0.39 is 241 Å². The number of carbonyl (C=O) groups is 3. The van der Waals surface area contributed by atoms with Gasteiger partial charge in [0.2, 0.25) is 0 Å². The van der Waals surface area contributed by atoms with E-state index in [0.29, 0.717) is 0 Å². The third-order valence-corrected chi connectivity index (χ3v) is 12.7. The molecule has 0 radical (unpaired) electrons. The first kappa shape index (κ1) is 68.4. The molecule has 27 atom stereocenters. The van der Waals surface area contributed by atoms with Crippen LogP contribution in [0.1, 0.15) is 6.42 Å². The van der Waals surface area contributed by atoms with Crippen molar-refractivity contribution in [3.05, 3.63) is 0 Å². The molecule has 37 nitrogen and oxygen atoms in total. The minimum Gasteiger partial charge on any atom is -0.394 e. The second-order valence-corrected chi connectivity index (χ2v) is 18.2. The van der Waals surface area contributed by atoms with Gasteiger partial charge in [-0.1, -0.05) is 0 Å². The minimum atomic E-state index is -3.22. The predicted molar refractivity (Wildman–Crippen MR) is 237 cm³/mol. The lowest BCUT2D eigenvalue weighted by atomic mass is 9.97. The van der Waals surface area contributed by atoms with E-state index in [1.807, 2.05) is 16.0 Å². The zero-order valence-corrected chi connectivity index (χ0v) is 40.7. The lowest BCUT2D eigenvalue weighted by Crippen LogP contribution is -2.75. The fourth-order valence-electron chi connectivity index (χ4n) is 7.96. The van der Waals surface area contributed by atoms with Gasteiger partial charge < -0.3 is 172 Å². The summed E-state index contributed by atoms with van der Waals surface area (Å²) in [7, 11) is 1.21. The van der Waals surface area contributed by atoms with Gasteiger partial charge in [0.15, 0.2) is 43.0 Å². The number of ether oxygens (including phenoxy) is 6. The smallest absolute Gasteiger partial charge is 0.254 e. The van der Waals surface area contributed by atoms with Gasteiger partial charge in [-0.15, -0.1) is 0 Å². The van der Waals surface area contributed by atoms with E-state index in [9.17, 15) is 137 Å². The minimum absolute atomic E-state index is 0.555. The highest BCUT2D eigenvalue weighted by atomic mass is 16.7. The van der Waals surface area contributed by atoms with Gasteiger partial charge in [-0.2, -0.15) is 0 Å². The first-order chi connectivity index (χ1) is 36.1. The molecule has 0 aromatic rings. The SMILES string of the molecule is CNCCC(NC(=O)C(O)C(O)C(OC1OC(CO)C(O)C(O)C1O)C(O)CO)(NC(=O)C(O)C(O)C(OC1OC(CO)C(O)C(O)C1O)C(O)CO)NC(=O)C(O)C(O)C(OC1OC(CO)C(O)C(O)C1O)C(O)CO. The van der Waals surface area contributed by atoms with Gasteiger partial charge in [-0.3, -0.25) is 14.4 Å². The van der Waals surface area contributed by atoms with Crippen LogP contribution < -0.4 is 21.3 Å². The van der Waals surface area contributed by atoms with Crippen LogP contribution in [0.3, 0.4) is 0 Å². The third-order valence-electron chi connectivity index (χ3n) is 12.7. The number of aliphatic hydroxyl groups excluding tert-OH is 24. The Balaban J connectivity index is 2.11. The number of aliphatic hydroxyl groups is 24. The van der Waals surface area contributed by atoms with Crippen molar-refractivity contribution < 1.29 is 165 Å². The second-order valence-electron chi connectivity index (χ2n) is 18.2. The van der Waals surface area contributed by atoms with E-state index in [4.69, 9.17) is 28.4 Å². The molecule has 0 saturated carbocycles. The molecular weight excluding hydrogens is 1060 g/mol. The highest BCUT2D eigenvalue weighted by molar-refractivity contribution is 5.88. The van der Waals surface area contributed by atoms with Gasteiger partial charge >= 0.3 is 0 Å². The van der Waals surface area contributed by atoms with Crippen LogP contribution in [0.15, 0.2) is 0 Å². The summed E-state index contributed by atoms with van der Waals surface area (Å²) in [4.78, 5) is 42.2. The summed E-state index contributed by atoms with van der Waals surface area (Å²) in [6, 6.07) is 0. The average Bonchev–Trinajstić information content (AvgIpc) is 3.42. The van der Waals surface area contributed by atoms with Gasteiger partial charge in [0, 0.05) is 13.0 Å². The standard InChI is InChI=1S/C40H74N4O33/c1-41-3-2-40(42-34(69)25(63)22(60)31(10(51)4-45)75-37-28(66)19(57)16(54)13(7-48)72-37,43-35(70)26(64)23(61)32(11(52)5-46)76-38-29(67)20(58)17(55)14(8-49)73-38)44-36(71)27(65)24(62)33(12(53)6-47)77-39-30(68)21(59)18(56)15(9-50)74-39/h10-33,37-39,41,45-68H,2-9H2,1H3,(H,42,69)(H,43,70)(H,44,71). The van der Waals surface area contributed by atoms with Gasteiger partial charge in [0.05, 0.1) is 39.6 Å². The molecule has 0 aromatic carbocycles. The zero-order valence-electron chi connectivity index (χ0n) is 40.7. The number of hydrogen-bond acceptors (Lipinski definition) is 34. The summed E-state index contributed by atoms with van der Waals surface area (Å²) in [5.74, 6) is -9.20. The number of hydrogen-bond donors (Lipinski definition) is 28. The molecule has 3 aliphatic heterocycles. The van der Waals surface area contributed by atoms with Crippen molar-refractivity contribution in [3.63, 3.8) is 0 Å². The van der Waals surface area contributed by atoms with E-state index in [1.54, 1.807) is 0 Å². The van der Waals surface area contributed by atoms with Gasteiger partial charge in [-0.25, -0.2) is 0 Å². The Kier molecular flexibility index (Phi) is 27.4. The molecule has 3 aliphatic rings. The van der Waals surface area contributed by atoms with Crippen LogP contribution in [0.4, 0.5) is 0 Å². The van der Waals surface area contributed by atoms with Gasteiger partial charge in [0.1, 0.15) is 128 Å². The van der Waals surface area contributed by atoms with Crippen LogP contribution in [0.5, 0.6) is 0 Å². The quantitative estimate of drug-likeness (QED) is 0.0297. The van der Waals surface area contributed by atoms with E-state index in [0.717, 1.165) is 0 Å². The highest BCUT2D eigenvalue weighted by Gasteiger charge is 2.52. The number of carbonyl (C=O) groups excluding carboxylic acids is 3. The Bertz CT molecular complexity index is 1590. The number of rotatable bonds is 30. The average molecular weight is 1140 g/mol. The Labute approximate surface area is 434 Å². The van der Waals surface area contributed by atoms with Crippen molar-refractivity contribution in [2.45, 2.75) is 178 Å². The predicted octanol–water partition coefficient (Wildman–Crippen LogP) is -18.6. The Morgan fingerprint density at radius 2 is 0.675 bits per heavy atom. The van der Waals surface area contributed by atoms with E-state index in [1.165, 1.54) is 7.05 Å². The van der Waals surface area contributed by atoms with Crippen LogP contribution in [0, 0.1) is 0 Å². The van der Waals surface area contributed by atoms with Crippen molar-refractivity contribution in [3.8, 4) is 0 Å². The molecule has 3 fully saturated rings. The van der Waals surface area contributed by atoms with Crippen LogP contribution in [0.25, 0.3) is 0 Å². The molecule has 0 aromatic heterocycles. The normalized spacial score (nSPS) is 35.6. The van der Waals surface area contributed by atoms with Crippen molar-refractivity contribution in [2.24, 2.45) is 0 Å². The topological polar surface area (TPSA) is 640 Å². The Hall–Kier alpha value is -2.83. The second kappa shape index (κ2) is 30.8. The maximum absolute atomic E-state index is 14.1. The first-order valence-corrected chi connectivity index (χ1v) is 23.5. The first-order valence-electron chi connectivity index (χ1n) is 23.5. The molecule has 452 valence electrons. The molecular formula is C40H74N4O33. The highest BCUT2D eigenvalue weighted by Crippen LogP contribution is 2.29. The van der Waals surface area contributed by atoms with Gasteiger partial charge in [-0.05, 0) is 7.05 Å². The molecule has 3 amide bonds. The lowest BCUT2D eigenvalue weighted by molar-refractivity contribution is -0.326. The molecule has 3 saturated heterocycles. The van der Waals surface area contributed by atoms with E-state index >= 15 is 0 Å². The maximum Gasteiger partial charge on any atom is 0.254 e. The molecule has 0 bridgehead atoms. The maximum atomic E-state index is 14.1. The van der Waals surface area contributed by atoms with Crippen LogP contribution in [-0.4, -0.2) is 365 Å². The lowest BCUT2D eigenvalue weighted by Gasteiger charge is -2.43. The Morgan fingerprint density at radius 1 is 0.429 bits per heavy atom. The van der Waals surface area contributed by atoms with Crippen molar-refractivity contribution >= 4 is 17.7 Å². The summed E-state index contributed by atoms with van der Waals surface area (Å²) in [5, 5.41) is 258. The number of nitrogens with one attached hydrogen (secondary N) is 4. The molecule has 77 heavy (non-hydrogen) atoms. The van der Waals surface area contributed by atoms with Crippen molar-refractivity contribution in [2.75, 3.05) is 53.2 Å². The summed E-state index contributed by atoms with van der Waals surface area (Å²) < 4.78 is 31.4. The Morgan fingerprint density at radius 3 is 0.883 bits per heavy atom. The van der Waals surface area contributed by atoms with E-state index in [2.05, 4.69) is 5.32 Å². The molecule has 0 aliphatic carbocycles. The van der Waals surface area contributed by atoms with Crippen molar-refractivity contribution in [1.29, 1.82) is 0 Å². The molecule has 3 heterocycles. The fraction of sp³-hybridized carbons (Fsp3) is 0.925. The van der Waals surface area contributed by atoms with Gasteiger partial charge in [0.25, 0.3) is 17.7 Å².